The van der Waals surface area contributed by atoms with E-state index >= 15 is 0 Å². The maximum atomic E-state index is 12.9. The lowest BCUT2D eigenvalue weighted by molar-refractivity contribution is -0.167. The van der Waals surface area contributed by atoms with E-state index in [0.29, 0.717) is 19.3 Å². The first-order valence-electron chi connectivity index (χ1n) is 34.4. The Bertz CT molecular complexity index is 1620. The van der Waals surface area contributed by atoms with Gasteiger partial charge in [0.1, 0.15) is 13.2 Å². The molecule has 0 rings (SSSR count). The molecule has 0 aliphatic rings. The Kier molecular flexibility index (Phi) is 65.2. The van der Waals surface area contributed by atoms with Gasteiger partial charge in [0, 0.05) is 19.3 Å². The zero-order valence-corrected chi connectivity index (χ0v) is 53.3. The molecule has 464 valence electrons. The third kappa shape index (κ3) is 66.8. The van der Waals surface area contributed by atoms with Crippen LogP contribution in [0.3, 0.4) is 0 Å². The minimum atomic E-state index is -0.791. The highest BCUT2D eigenvalue weighted by Crippen LogP contribution is 2.16. The smallest absolute Gasteiger partial charge is 0.306 e. The van der Waals surface area contributed by atoms with Crippen LogP contribution < -0.4 is 0 Å². The van der Waals surface area contributed by atoms with Crippen molar-refractivity contribution < 1.29 is 28.6 Å². The molecule has 0 aromatic rings. The van der Waals surface area contributed by atoms with Gasteiger partial charge in [-0.3, -0.25) is 14.4 Å². The van der Waals surface area contributed by atoms with Crippen molar-refractivity contribution in [2.24, 2.45) is 0 Å². The zero-order chi connectivity index (χ0) is 58.5. The summed E-state index contributed by atoms with van der Waals surface area (Å²) in [5.74, 6) is -0.898. The van der Waals surface area contributed by atoms with Crippen molar-refractivity contribution in [2.45, 2.75) is 335 Å². The molecule has 6 heteroatoms. The Morgan fingerprint density at radius 2 is 0.481 bits per heavy atom. The molecule has 0 N–H and O–H groups in total. The Morgan fingerprint density at radius 3 is 0.765 bits per heavy atom. The van der Waals surface area contributed by atoms with Crippen LogP contribution in [0.1, 0.15) is 329 Å². The Labute approximate surface area is 501 Å². The summed E-state index contributed by atoms with van der Waals surface area (Å²) in [5, 5.41) is 0. The third-order valence-corrected chi connectivity index (χ3v) is 14.7. The van der Waals surface area contributed by atoms with Crippen LogP contribution in [0, 0.1) is 0 Å². The topological polar surface area (TPSA) is 78.9 Å². The van der Waals surface area contributed by atoms with Crippen LogP contribution in [0.2, 0.25) is 0 Å². The molecule has 0 spiro atoms. The molecule has 0 aromatic heterocycles. The van der Waals surface area contributed by atoms with Crippen LogP contribution >= 0.6 is 0 Å². The van der Waals surface area contributed by atoms with Crippen LogP contribution in [0.4, 0.5) is 0 Å². The van der Waals surface area contributed by atoms with Crippen molar-refractivity contribution >= 4 is 17.9 Å². The fourth-order valence-corrected chi connectivity index (χ4v) is 9.59. The first-order valence-corrected chi connectivity index (χ1v) is 34.4. The van der Waals surface area contributed by atoms with Gasteiger partial charge in [-0.25, -0.2) is 0 Å². The maximum absolute atomic E-state index is 12.9. The van der Waals surface area contributed by atoms with Crippen LogP contribution in [-0.2, 0) is 28.6 Å². The fourth-order valence-electron chi connectivity index (χ4n) is 9.59. The first kappa shape index (κ1) is 77.1. The summed E-state index contributed by atoms with van der Waals surface area (Å²) in [7, 11) is 0. The second-order valence-corrected chi connectivity index (χ2v) is 22.7. The highest BCUT2D eigenvalue weighted by Gasteiger charge is 2.19. The van der Waals surface area contributed by atoms with Crippen LogP contribution in [0.25, 0.3) is 0 Å². The molecule has 0 aliphatic carbocycles. The van der Waals surface area contributed by atoms with Gasteiger partial charge in [-0.05, 0) is 128 Å². The predicted molar refractivity (Wildman–Crippen MR) is 353 cm³/mol. The molecule has 1 atom stereocenters. The molecule has 0 aliphatic heterocycles. The first-order chi connectivity index (χ1) is 40.0. The van der Waals surface area contributed by atoms with Gasteiger partial charge in [0.05, 0.1) is 0 Å². The summed E-state index contributed by atoms with van der Waals surface area (Å²) in [6.07, 6.45) is 93.8. The predicted octanol–water partition coefficient (Wildman–Crippen LogP) is 23.8. The molecule has 0 amide bonds. The average molecular weight is 1130 g/mol. The number of esters is 3. The van der Waals surface area contributed by atoms with Gasteiger partial charge in [0.2, 0.25) is 0 Å². The molecular weight excluding hydrogens is 997 g/mol. The van der Waals surface area contributed by atoms with Crippen LogP contribution in [0.15, 0.2) is 109 Å². The lowest BCUT2D eigenvalue weighted by atomic mass is 10.1. The van der Waals surface area contributed by atoms with E-state index in [1.54, 1.807) is 0 Å². The van der Waals surface area contributed by atoms with E-state index in [4.69, 9.17) is 14.2 Å². The quantitative estimate of drug-likeness (QED) is 0.0261. The summed E-state index contributed by atoms with van der Waals surface area (Å²) in [4.78, 5) is 38.4. The largest absolute Gasteiger partial charge is 0.462 e. The monoisotopic (exact) mass is 1120 g/mol. The molecule has 0 heterocycles. The highest BCUT2D eigenvalue weighted by molar-refractivity contribution is 5.71. The maximum Gasteiger partial charge on any atom is 0.306 e. The number of unbranched alkanes of at least 4 members (excludes halogenated alkanes) is 33. The molecule has 0 fully saturated rings. The van der Waals surface area contributed by atoms with Gasteiger partial charge in [0.15, 0.2) is 6.10 Å². The molecule has 0 radical (unpaired) electrons. The number of hydrogen-bond donors (Lipinski definition) is 0. The summed E-state index contributed by atoms with van der Waals surface area (Å²) >= 11 is 0. The van der Waals surface area contributed by atoms with Crippen molar-refractivity contribution in [3.05, 3.63) is 109 Å². The minimum Gasteiger partial charge on any atom is -0.462 e. The van der Waals surface area contributed by atoms with Crippen molar-refractivity contribution in [2.75, 3.05) is 13.2 Å². The zero-order valence-electron chi connectivity index (χ0n) is 53.3. The number of carbonyl (C=O) groups is 3. The van der Waals surface area contributed by atoms with E-state index in [2.05, 4.69) is 130 Å². The summed E-state index contributed by atoms with van der Waals surface area (Å²) < 4.78 is 17.0. The van der Waals surface area contributed by atoms with Crippen LogP contribution in [-0.4, -0.2) is 37.2 Å². The molecule has 0 saturated heterocycles. The van der Waals surface area contributed by atoms with E-state index in [9.17, 15) is 14.4 Å². The van der Waals surface area contributed by atoms with Crippen molar-refractivity contribution in [3.63, 3.8) is 0 Å². The molecule has 1 unspecified atom stereocenters. The molecule has 0 aromatic carbocycles. The summed E-state index contributed by atoms with van der Waals surface area (Å²) in [6, 6.07) is 0. The van der Waals surface area contributed by atoms with Gasteiger partial charge >= 0.3 is 17.9 Å². The number of hydrogen-bond acceptors (Lipinski definition) is 6. The number of allylic oxidation sites excluding steroid dienone is 18. The number of rotatable bonds is 62. The van der Waals surface area contributed by atoms with Gasteiger partial charge in [-0.1, -0.05) is 291 Å². The molecule has 81 heavy (non-hydrogen) atoms. The number of carbonyl (C=O) groups excluding carboxylic acids is 3. The van der Waals surface area contributed by atoms with E-state index in [1.165, 1.54) is 173 Å². The van der Waals surface area contributed by atoms with E-state index in [0.717, 1.165) is 116 Å². The van der Waals surface area contributed by atoms with Crippen molar-refractivity contribution in [3.8, 4) is 0 Å². The lowest BCUT2D eigenvalue weighted by Crippen LogP contribution is -2.30. The summed E-state index contributed by atoms with van der Waals surface area (Å²) in [6.45, 7) is 6.53. The van der Waals surface area contributed by atoms with Gasteiger partial charge in [-0.2, -0.15) is 0 Å². The Morgan fingerprint density at radius 1 is 0.259 bits per heavy atom. The lowest BCUT2D eigenvalue weighted by Gasteiger charge is -2.18. The van der Waals surface area contributed by atoms with Crippen LogP contribution in [0.5, 0.6) is 0 Å². The second-order valence-electron chi connectivity index (χ2n) is 22.7. The molecule has 6 nitrogen and oxygen atoms in total. The van der Waals surface area contributed by atoms with Gasteiger partial charge < -0.3 is 14.2 Å². The Hall–Kier alpha value is -3.93. The SMILES string of the molecule is CC/C=C\C/C=C\C/C=C\C/C=C\C/C=C\C/C=C\C/C=C\CCCCCCCCCC(=O)OCC(COC(=O)CCCCCCC/C=C\CCCCCCCCC)OC(=O)CCCCCCCCC/C=C\CCCCCCCCC. The minimum absolute atomic E-state index is 0.0867. The molecule has 0 saturated carbocycles. The van der Waals surface area contributed by atoms with Gasteiger partial charge in [-0.15, -0.1) is 0 Å². The van der Waals surface area contributed by atoms with E-state index < -0.39 is 6.10 Å². The van der Waals surface area contributed by atoms with Crippen molar-refractivity contribution in [1.82, 2.24) is 0 Å². The number of ether oxygens (including phenoxy) is 3. The highest BCUT2D eigenvalue weighted by atomic mass is 16.6. The van der Waals surface area contributed by atoms with Gasteiger partial charge in [0.25, 0.3) is 0 Å². The fraction of sp³-hybridized carbons (Fsp3) is 0.720. The molecular formula is C75H128O6. The summed E-state index contributed by atoms with van der Waals surface area (Å²) in [5.41, 5.74) is 0. The second kappa shape index (κ2) is 68.6. The normalized spacial score (nSPS) is 12.8. The average Bonchev–Trinajstić information content (AvgIpc) is 3.47. The standard InChI is InChI=1S/C75H128O6/c1-4-7-10-13-16-19-22-25-28-31-33-34-35-36-37-38-39-40-41-42-43-45-47-50-53-56-59-62-65-68-74(77)80-71-72(70-79-73(76)67-64-61-58-55-52-49-46-30-27-24-21-18-15-12-9-6-3)81-75(78)69-66-63-60-57-54-51-48-44-32-29-26-23-20-17-14-11-8-5-2/h7,10,16,19,25,28-30,32-34,36-37,39-40,42-43,46,72H,4-6,8-9,11-15,17-18,20-24,26-27,31,35,38,41,44-45,47-71H2,1-3H3/b10-7-,19-16-,28-25-,32-29-,34-33-,37-36-,40-39-,43-42-,46-30-. The van der Waals surface area contributed by atoms with E-state index in [-0.39, 0.29) is 31.1 Å². The molecule has 0 bridgehead atoms. The van der Waals surface area contributed by atoms with E-state index in [1.807, 2.05) is 0 Å². The third-order valence-electron chi connectivity index (χ3n) is 14.7. The Balaban J connectivity index is 4.37. The van der Waals surface area contributed by atoms with Crippen molar-refractivity contribution in [1.29, 1.82) is 0 Å².